The lowest BCUT2D eigenvalue weighted by Gasteiger charge is -2.36. The Labute approximate surface area is 167 Å². The molecule has 0 unspecified atom stereocenters. The van der Waals surface area contributed by atoms with Crippen LogP contribution in [0.4, 0.5) is 16.0 Å². The first-order chi connectivity index (χ1) is 14.2. The number of rotatable bonds is 3. The van der Waals surface area contributed by atoms with Crippen molar-refractivity contribution in [1.29, 1.82) is 0 Å². The van der Waals surface area contributed by atoms with E-state index in [1.54, 1.807) is 30.7 Å². The van der Waals surface area contributed by atoms with Crippen molar-refractivity contribution < 1.29 is 4.39 Å². The molecule has 8 heteroatoms. The van der Waals surface area contributed by atoms with Gasteiger partial charge in [-0.2, -0.15) is 9.61 Å². The fourth-order valence-corrected chi connectivity index (χ4v) is 3.69. The molecule has 1 fully saturated rings. The second-order valence-corrected chi connectivity index (χ2v) is 7.10. The third kappa shape index (κ3) is 3.37. The first-order valence-corrected chi connectivity index (χ1v) is 9.57. The van der Waals surface area contributed by atoms with Gasteiger partial charge in [-0.1, -0.05) is 0 Å². The first kappa shape index (κ1) is 17.5. The molecule has 0 spiro atoms. The van der Waals surface area contributed by atoms with Crippen LogP contribution in [0.1, 0.15) is 5.69 Å². The van der Waals surface area contributed by atoms with Gasteiger partial charge >= 0.3 is 0 Å². The summed E-state index contributed by atoms with van der Waals surface area (Å²) in [5, 5.41) is 4.76. The van der Waals surface area contributed by atoms with E-state index in [4.69, 9.17) is 5.10 Å². The van der Waals surface area contributed by atoms with Gasteiger partial charge in [0.25, 0.3) is 0 Å². The molecule has 0 saturated carbocycles. The maximum atomic E-state index is 13.3. The van der Waals surface area contributed by atoms with Crippen molar-refractivity contribution >= 4 is 17.3 Å². The van der Waals surface area contributed by atoms with E-state index in [0.717, 1.165) is 60.4 Å². The summed E-state index contributed by atoms with van der Waals surface area (Å²) in [5.74, 6) is 1.66. The third-order valence-corrected chi connectivity index (χ3v) is 5.15. The third-order valence-electron chi connectivity index (χ3n) is 5.15. The topological polar surface area (TPSA) is 62.5 Å². The Morgan fingerprint density at radius 1 is 0.931 bits per heavy atom. The number of hydrogen-bond acceptors (Lipinski definition) is 6. The van der Waals surface area contributed by atoms with Crippen LogP contribution in [0.2, 0.25) is 0 Å². The summed E-state index contributed by atoms with van der Waals surface area (Å²) in [6.07, 6.45) is 5.21. The van der Waals surface area contributed by atoms with Gasteiger partial charge in [0.1, 0.15) is 17.5 Å². The van der Waals surface area contributed by atoms with Gasteiger partial charge in [-0.25, -0.2) is 14.4 Å². The first-order valence-electron chi connectivity index (χ1n) is 9.57. The molecule has 3 aromatic heterocycles. The van der Waals surface area contributed by atoms with Crippen LogP contribution in [-0.2, 0) is 0 Å². The van der Waals surface area contributed by atoms with E-state index in [1.165, 1.54) is 12.1 Å². The lowest BCUT2D eigenvalue weighted by molar-refractivity contribution is 0.628. The summed E-state index contributed by atoms with van der Waals surface area (Å²) in [6.45, 7) is 5.40. The van der Waals surface area contributed by atoms with E-state index in [1.807, 2.05) is 17.5 Å². The fraction of sp³-hybridized carbons (Fsp3) is 0.238. The van der Waals surface area contributed by atoms with Gasteiger partial charge in [-0.3, -0.25) is 4.98 Å². The van der Waals surface area contributed by atoms with Gasteiger partial charge in [0.15, 0.2) is 5.65 Å². The van der Waals surface area contributed by atoms with Crippen molar-refractivity contribution in [3.8, 4) is 11.3 Å². The zero-order chi connectivity index (χ0) is 19.8. The molecule has 0 bridgehead atoms. The highest BCUT2D eigenvalue weighted by Crippen LogP contribution is 2.25. The number of piperazine rings is 1. The minimum atomic E-state index is -0.256. The number of benzene rings is 1. The van der Waals surface area contributed by atoms with Gasteiger partial charge < -0.3 is 9.80 Å². The van der Waals surface area contributed by atoms with Crippen LogP contribution in [0.3, 0.4) is 0 Å². The lowest BCUT2D eigenvalue weighted by Crippen LogP contribution is -2.47. The van der Waals surface area contributed by atoms with Gasteiger partial charge in [0.2, 0.25) is 0 Å². The number of fused-ring (bicyclic) bond motifs is 1. The molecule has 1 saturated heterocycles. The largest absolute Gasteiger partial charge is 0.353 e. The molecule has 7 nitrogen and oxygen atoms in total. The maximum Gasteiger partial charge on any atom is 0.158 e. The second kappa shape index (κ2) is 7.12. The quantitative estimate of drug-likeness (QED) is 0.537. The molecule has 29 heavy (non-hydrogen) atoms. The Morgan fingerprint density at radius 3 is 2.41 bits per heavy atom. The van der Waals surface area contributed by atoms with Crippen LogP contribution in [0.25, 0.3) is 16.9 Å². The highest BCUT2D eigenvalue weighted by Gasteiger charge is 2.21. The summed E-state index contributed by atoms with van der Waals surface area (Å²) < 4.78 is 15.1. The number of hydrogen-bond donors (Lipinski definition) is 0. The van der Waals surface area contributed by atoms with E-state index in [0.29, 0.717) is 0 Å². The molecule has 0 N–H and O–H groups in total. The minimum Gasteiger partial charge on any atom is -0.353 e. The average Bonchev–Trinajstić information content (AvgIpc) is 3.18. The van der Waals surface area contributed by atoms with Crippen molar-refractivity contribution in [2.24, 2.45) is 0 Å². The van der Waals surface area contributed by atoms with Crippen LogP contribution in [-0.4, -0.2) is 50.7 Å². The average molecular weight is 389 g/mol. The Hall–Kier alpha value is -3.55. The lowest BCUT2D eigenvalue weighted by atomic mass is 10.1. The molecule has 0 radical (unpaired) electrons. The van der Waals surface area contributed by atoms with Crippen LogP contribution in [0, 0.1) is 12.7 Å². The van der Waals surface area contributed by atoms with Crippen molar-refractivity contribution in [3.63, 3.8) is 0 Å². The van der Waals surface area contributed by atoms with Gasteiger partial charge in [-0.15, -0.1) is 0 Å². The predicted molar refractivity (Wildman–Crippen MR) is 110 cm³/mol. The molecule has 1 aromatic carbocycles. The van der Waals surface area contributed by atoms with Crippen LogP contribution in [0.15, 0.2) is 55.0 Å². The summed E-state index contributed by atoms with van der Waals surface area (Å²) in [6, 6.07) is 10.4. The standard InChI is InChI=1S/C21H20FN7/c1-15-12-21(28-10-8-27(9-11-28)20-14-23-6-7-24-20)29-19(25-15)13-18(26-29)16-2-4-17(22)5-3-16/h2-7,12-14H,8-11H2,1H3. The maximum absolute atomic E-state index is 13.3. The molecule has 0 aliphatic carbocycles. The molecule has 4 aromatic rings. The molecule has 146 valence electrons. The highest BCUT2D eigenvalue weighted by atomic mass is 19.1. The van der Waals surface area contributed by atoms with Crippen LogP contribution >= 0.6 is 0 Å². The van der Waals surface area contributed by atoms with Crippen molar-refractivity contribution in [2.75, 3.05) is 36.0 Å². The van der Waals surface area contributed by atoms with E-state index in [9.17, 15) is 4.39 Å². The Kier molecular flexibility index (Phi) is 4.31. The fourth-order valence-electron chi connectivity index (χ4n) is 3.69. The molecule has 0 atom stereocenters. The van der Waals surface area contributed by atoms with Crippen molar-refractivity contribution in [1.82, 2.24) is 24.6 Å². The van der Waals surface area contributed by atoms with Gasteiger partial charge in [0, 0.05) is 62.0 Å². The molecule has 4 heterocycles. The van der Waals surface area contributed by atoms with E-state index >= 15 is 0 Å². The van der Waals surface area contributed by atoms with E-state index in [-0.39, 0.29) is 5.82 Å². The summed E-state index contributed by atoms with van der Waals surface area (Å²) in [4.78, 5) is 17.7. The Balaban J connectivity index is 1.45. The van der Waals surface area contributed by atoms with Gasteiger partial charge in [0.05, 0.1) is 11.9 Å². The van der Waals surface area contributed by atoms with Gasteiger partial charge in [-0.05, 0) is 31.2 Å². The van der Waals surface area contributed by atoms with Crippen molar-refractivity contribution in [2.45, 2.75) is 6.92 Å². The zero-order valence-corrected chi connectivity index (χ0v) is 16.0. The summed E-state index contributed by atoms with van der Waals surface area (Å²) in [5.41, 5.74) is 3.38. The summed E-state index contributed by atoms with van der Waals surface area (Å²) >= 11 is 0. The number of aryl methyl sites for hydroxylation is 1. The summed E-state index contributed by atoms with van der Waals surface area (Å²) in [7, 11) is 0. The number of nitrogens with zero attached hydrogens (tertiary/aromatic N) is 7. The van der Waals surface area contributed by atoms with Crippen molar-refractivity contribution in [3.05, 3.63) is 66.5 Å². The molecule has 1 aliphatic heterocycles. The van der Waals surface area contributed by atoms with Crippen LogP contribution in [0.5, 0.6) is 0 Å². The smallest absolute Gasteiger partial charge is 0.158 e. The molecule has 1 aliphatic rings. The van der Waals surface area contributed by atoms with Crippen LogP contribution < -0.4 is 9.80 Å². The predicted octanol–water partition coefficient (Wildman–Crippen LogP) is 2.96. The normalized spacial score (nSPS) is 14.6. The minimum absolute atomic E-state index is 0.256. The number of aromatic nitrogens is 5. The Morgan fingerprint density at radius 2 is 1.69 bits per heavy atom. The molecular formula is C21H20FN7. The monoisotopic (exact) mass is 389 g/mol. The molecule has 0 amide bonds. The molecular weight excluding hydrogens is 369 g/mol. The second-order valence-electron chi connectivity index (χ2n) is 7.10. The number of halogens is 1. The molecule has 5 rings (SSSR count). The van der Waals surface area contributed by atoms with E-state index < -0.39 is 0 Å². The highest BCUT2D eigenvalue weighted by molar-refractivity contribution is 5.66. The Bertz CT molecular complexity index is 1130. The zero-order valence-electron chi connectivity index (χ0n) is 16.0. The SMILES string of the molecule is Cc1cc(N2CCN(c3cnccn3)CC2)n2nc(-c3ccc(F)cc3)cc2n1. The number of anilines is 2. The van der Waals surface area contributed by atoms with E-state index in [2.05, 4.69) is 30.8 Å².